The van der Waals surface area contributed by atoms with Crippen molar-refractivity contribution in [2.75, 3.05) is 7.11 Å². The van der Waals surface area contributed by atoms with E-state index in [1.54, 1.807) is 56.9 Å². The summed E-state index contributed by atoms with van der Waals surface area (Å²) >= 11 is 0. The van der Waals surface area contributed by atoms with Gasteiger partial charge in [0.15, 0.2) is 0 Å². The summed E-state index contributed by atoms with van der Waals surface area (Å²) in [6.45, 7) is 10.7. The lowest BCUT2D eigenvalue weighted by molar-refractivity contribution is -0.127. The minimum Gasteiger partial charge on any atom is -0.465 e. The van der Waals surface area contributed by atoms with Crippen molar-refractivity contribution in [3.05, 3.63) is 89.8 Å². The fourth-order valence-corrected chi connectivity index (χ4v) is 3.81. The highest BCUT2D eigenvalue weighted by Crippen LogP contribution is 2.22. The molecule has 0 fully saturated rings. The third-order valence-corrected chi connectivity index (χ3v) is 6.00. The number of aromatic nitrogens is 2. The molecule has 0 spiro atoms. The van der Waals surface area contributed by atoms with Crippen LogP contribution in [0.15, 0.2) is 73.1 Å². The smallest absolute Gasteiger partial charge is 0.408 e. The lowest BCUT2D eigenvalue weighted by atomic mass is 9.92. The molecule has 3 aromatic rings. The second-order valence-corrected chi connectivity index (χ2v) is 10.8. The van der Waals surface area contributed by atoms with Crippen LogP contribution in [0.5, 0.6) is 0 Å². The van der Waals surface area contributed by atoms with Crippen molar-refractivity contribution in [3.8, 4) is 11.4 Å². The summed E-state index contributed by atoms with van der Waals surface area (Å²) in [6, 6.07) is 13.6. The molecule has 3 amide bonds. The Bertz CT molecular complexity index is 1440. The molecule has 1 atom stereocenters. The third-order valence-electron chi connectivity index (χ3n) is 6.00. The van der Waals surface area contributed by atoms with Gasteiger partial charge in [0.1, 0.15) is 17.0 Å². The highest BCUT2D eigenvalue weighted by atomic mass is 16.6. The van der Waals surface area contributed by atoms with Gasteiger partial charge in [-0.05, 0) is 65.3 Å². The molecule has 11 heteroatoms. The number of hydrogen-bond acceptors (Lipinski definition) is 7. The number of amides is 3. The van der Waals surface area contributed by atoms with E-state index in [0.29, 0.717) is 11.4 Å². The zero-order valence-electron chi connectivity index (χ0n) is 26.0. The fourth-order valence-electron chi connectivity index (χ4n) is 3.81. The van der Waals surface area contributed by atoms with Crippen LogP contribution in [0.4, 0.5) is 4.79 Å². The number of aryl methyl sites for hydroxylation is 1. The van der Waals surface area contributed by atoms with Crippen LogP contribution in [0.25, 0.3) is 11.4 Å². The normalized spacial score (nSPS) is 12.3. The highest BCUT2D eigenvalue weighted by molar-refractivity contribution is 6.01. The van der Waals surface area contributed by atoms with E-state index < -0.39 is 35.0 Å². The third kappa shape index (κ3) is 10.4. The number of allylic oxidation sites excluding steroid dienone is 2. The first-order valence-electron chi connectivity index (χ1n) is 13.7. The minimum atomic E-state index is -1.48. The number of methoxy groups -OCH3 is 1. The molecule has 0 radical (unpaired) electrons. The van der Waals surface area contributed by atoms with Crippen LogP contribution in [0, 0.1) is 0 Å². The maximum absolute atomic E-state index is 13.3. The number of nitrogens with one attached hydrogen (secondary N) is 3. The predicted octanol–water partition coefficient (Wildman–Crippen LogP) is 4.74. The summed E-state index contributed by atoms with van der Waals surface area (Å²) in [6.07, 6.45) is 6.65. The van der Waals surface area contributed by atoms with Crippen molar-refractivity contribution in [2.45, 2.75) is 59.1 Å². The highest BCUT2D eigenvalue weighted by Gasteiger charge is 2.37. The van der Waals surface area contributed by atoms with Gasteiger partial charge in [-0.2, -0.15) is 0 Å². The molecule has 0 aliphatic carbocycles. The molecule has 1 heterocycles. The molecular formula is C32H41N5O6. The van der Waals surface area contributed by atoms with E-state index >= 15 is 0 Å². The van der Waals surface area contributed by atoms with E-state index in [1.165, 1.54) is 20.1 Å². The van der Waals surface area contributed by atoms with Gasteiger partial charge in [0.05, 0.1) is 12.7 Å². The number of benzene rings is 2. The molecule has 0 aliphatic heterocycles. The Hall–Kier alpha value is -4.93. The van der Waals surface area contributed by atoms with Crippen molar-refractivity contribution < 1.29 is 28.7 Å². The van der Waals surface area contributed by atoms with Gasteiger partial charge >= 0.3 is 12.1 Å². The van der Waals surface area contributed by atoms with Gasteiger partial charge in [0.2, 0.25) is 0 Å². The van der Waals surface area contributed by atoms with Crippen LogP contribution in [0.1, 0.15) is 67.8 Å². The van der Waals surface area contributed by atoms with Crippen molar-refractivity contribution in [3.63, 3.8) is 0 Å². The van der Waals surface area contributed by atoms with Gasteiger partial charge in [-0.15, -0.1) is 0 Å². The standard InChI is InChI=1S/C28H33N5O6.C4H8/c1-27(2,3)39-26(37)30-28(4,17-18-10-8-7-9-11-18)25(36)32-31-23(34)20-14-19(22-29-12-13-33(22)5)15-21(16-20)24(35)38-6;1-3-4-2/h7-16H,17H2,1-6H3,(H,30,37)(H,31,34)(H,32,36);3-4H,1-2H3/b;4-3-/t28-;/m0./s1. The van der Waals surface area contributed by atoms with Crippen LogP contribution in [-0.2, 0) is 27.7 Å². The maximum atomic E-state index is 13.3. The van der Waals surface area contributed by atoms with Crippen molar-refractivity contribution in [2.24, 2.45) is 7.05 Å². The molecule has 1 aromatic heterocycles. The van der Waals surface area contributed by atoms with Crippen LogP contribution in [0.2, 0.25) is 0 Å². The van der Waals surface area contributed by atoms with Gasteiger partial charge in [-0.25, -0.2) is 14.6 Å². The molecule has 0 saturated carbocycles. The summed E-state index contributed by atoms with van der Waals surface area (Å²) in [5, 5.41) is 2.63. The Morgan fingerprint density at radius 1 is 0.930 bits per heavy atom. The lowest BCUT2D eigenvalue weighted by Gasteiger charge is -2.31. The average molecular weight is 592 g/mol. The number of hydrazine groups is 1. The topological polar surface area (TPSA) is 141 Å². The molecular weight excluding hydrogens is 550 g/mol. The van der Waals surface area contributed by atoms with E-state index in [9.17, 15) is 19.2 Å². The van der Waals surface area contributed by atoms with Crippen LogP contribution in [-0.4, -0.2) is 51.7 Å². The predicted molar refractivity (Wildman–Crippen MR) is 164 cm³/mol. The largest absolute Gasteiger partial charge is 0.465 e. The van der Waals surface area contributed by atoms with Crippen molar-refractivity contribution in [1.82, 2.24) is 25.7 Å². The number of ether oxygens (including phenoxy) is 2. The second-order valence-electron chi connectivity index (χ2n) is 10.8. The van der Waals surface area contributed by atoms with E-state index in [0.717, 1.165) is 5.56 Å². The molecule has 11 nitrogen and oxygen atoms in total. The second kappa shape index (κ2) is 15.3. The van der Waals surface area contributed by atoms with Crippen LogP contribution in [0.3, 0.4) is 0 Å². The number of rotatable bonds is 7. The Balaban J connectivity index is 0.00000151. The van der Waals surface area contributed by atoms with E-state index in [1.807, 2.05) is 56.3 Å². The Kier molecular flexibility index (Phi) is 12.2. The fraction of sp³-hybridized carbons (Fsp3) is 0.344. The number of imidazole rings is 1. The monoisotopic (exact) mass is 591 g/mol. The van der Waals surface area contributed by atoms with E-state index in [4.69, 9.17) is 9.47 Å². The molecule has 0 aliphatic rings. The zero-order valence-corrected chi connectivity index (χ0v) is 26.0. The first-order chi connectivity index (χ1) is 20.2. The summed E-state index contributed by atoms with van der Waals surface area (Å²) < 4.78 is 11.9. The zero-order chi connectivity index (χ0) is 32.2. The number of alkyl carbamates (subject to hydrolysis) is 1. The maximum Gasteiger partial charge on any atom is 0.408 e. The van der Waals surface area contributed by atoms with E-state index in [-0.39, 0.29) is 17.5 Å². The minimum absolute atomic E-state index is 0.0843. The summed E-state index contributed by atoms with van der Waals surface area (Å²) in [4.78, 5) is 55.6. The molecule has 0 saturated heterocycles. The SMILES string of the molecule is C/C=C\C.COC(=O)c1cc(C(=O)NNC(=O)[C@](C)(Cc2ccccc2)NC(=O)OC(C)(C)C)cc(-c2nccn2C)c1. The van der Waals surface area contributed by atoms with Gasteiger partial charge in [0, 0.05) is 37.0 Å². The molecule has 0 bridgehead atoms. The molecule has 3 rings (SSSR count). The van der Waals surface area contributed by atoms with Crippen LogP contribution < -0.4 is 16.2 Å². The van der Waals surface area contributed by atoms with Gasteiger partial charge in [0.25, 0.3) is 11.8 Å². The summed E-state index contributed by atoms with van der Waals surface area (Å²) in [5.74, 6) is -1.49. The number of esters is 1. The number of hydrogen-bond donors (Lipinski definition) is 3. The summed E-state index contributed by atoms with van der Waals surface area (Å²) in [5.41, 5.74) is 4.00. The molecule has 0 unspecified atom stereocenters. The Labute approximate surface area is 252 Å². The summed E-state index contributed by atoms with van der Waals surface area (Å²) in [7, 11) is 3.01. The van der Waals surface area contributed by atoms with E-state index in [2.05, 4.69) is 21.2 Å². The van der Waals surface area contributed by atoms with Gasteiger partial charge in [-0.1, -0.05) is 42.5 Å². The average Bonchev–Trinajstić information content (AvgIpc) is 3.40. The molecule has 3 N–H and O–H groups in total. The molecule has 230 valence electrons. The van der Waals surface area contributed by atoms with Crippen molar-refractivity contribution in [1.29, 1.82) is 0 Å². The van der Waals surface area contributed by atoms with Gasteiger partial charge < -0.3 is 19.4 Å². The first-order valence-corrected chi connectivity index (χ1v) is 13.7. The Morgan fingerprint density at radius 3 is 2.09 bits per heavy atom. The Morgan fingerprint density at radius 2 is 1.56 bits per heavy atom. The first kappa shape index (κ1) is 34.3. The lowest BCUT2D eigenvalue weighted by Crippen LogP contribution is -2.61. The quantitative estimate of drug-likeness (QED) is 0.205. The number of carbonyl (C=O) groups is 4. The number of nitrogens with zero attached hydrogens (tertiary/aromatic N) is 2. The molecule has 43 heavy (non-hydrogen) atoms. The van der Waals surface area contributed by atoms with Crippen LogP contribution >= 0.6 is 0 Å². The molecule has 2 aromatic carbocycles. The van der Waals surface area contributed by atoms with Crippen molar-refractivity contribution >= 4 is 23.9 Å². The number of carbonyl (C=O) groups excluding carboxylic acids is 4. The van der Waals surface area contributed by atoms with Gasteiger partial charge in [-0.3, -0.25) is 20.4 Å².